The van der Waals surface area contributed by atoms with Gasteiger partial charge in [0.1, 0.15) is 23.2 Å². The zero-order valence-electron chi connectivity index (χ0n) is 13.6. The highest BCUT2D eigenvalue weighted by atomic mass is 32.2. The fraction of sp³-hybridized carbons (Fsp3) is 0.176. The Balaban J connectivity index is 1.76. The molecule has 5 nitrogen and oxygen atoms in total. The molecule has 0 aliphatic rings. The molecule has 26 heavy (non-hydrogen) atoms. The van der Waals surface area contributed by atoms with E-state index in [0.717, 1.165) is 30.0 Å². The van der Waals surface area contributed by atoms with Gasteiger partial charge in [0.05, 0.1) is 5.75 Å². The molecule has 1 atom stereocenters. The van der Waals surface area contributed by atoms with E-state index in [1.54, 1.807) is 0 Å². The first-order chi connectivity index (χ1) is 12.3. The highest BCUT2D eigenvalue weighted by molar-refractivity contribution is 8.00. The highest BCUT2D eigenvalue weighted by Crippen LogP contribution is 2.22. The SMILES string of the molecule is C[C@H](Oc1ccc(F)cc1)C(=O)NNC(=O)CSc1cc(F)ccc1F. The second kappa shape index (κ2) is 9.14. The van der Waals surface area contributed by atoms with E-state index in [9.17, 15) is 22.8 Å². The monoisotopic (exact) mass is 384 g/mol. The molecule has 0 heterocycles. The van der Waals surface area contributed by atoms with Crippen molar-refractivity contribution in [3.05, 3.63) is 59.9 Å². The van der Waals surface area contributed by atoms with Crippen molar-refractivity contribution < 1.29 is 27.5 Å². The predicted octanol–water partition coefficient (Wildman–Crippen LogP) is 2.81. The molecule has 0 spiro atoms. The average Bonchev–Trinajstić information content (AvgIpc) is 2.62. The predicted molar refractivity (Wildman–Crippen MR) is 89.9 cm³/mol. The number of ether oxygens (including phenoxy) is 1. The molecule has 2 aromatic rings. The molecule has 0 unspecified atom stereocenters. The van der Waals surface area contributed by atoms with Gasteiger partial charge in [0.15, 0.2) is 6.10 Å². The number of halogens is 3. The molecule has 138 valence electrons. The zero-order chi connectivity index (χ0) is 19.1. The van der Waals surface area contributed by atoms with Gasteiger partial charge in [0.25, 0.3) is 5.91 Å². The molecule has 2 N–H and O–H groups in total. The Morgan fingerprint density at radius 2 is 1.69 bits per heavy atom. The Morgan fingerprint density at radius 3 is 2.38 bits per heavy atom. The van der Waals surface area contributed by atoms with E-state index in [1.165, 1.54) is 31.2 Å². The molecule has 2 rings (SSSR count). The quantitative estimate of drug-likeness (QED) is 0.594. The molecule has 0 bridgehead atoms. The molecule has 0 aromatic heterocycles. The lowest BCUT2D eigenvalue weighted by molar-refractivity contribution is -0.131. The summed E-state index contributed by atoms with van der Waals surface area (Å²) in [5, 5.41) is 0. The largest absolute Gasteiger partial charge is 0.481 e. The van der Waals surface area contributed by atoms with Gasteiger partial charge in [0, 0.05) is 4.90 Å². The van der Waals surface area contributed by atoms with Crippen LogP contribution < -0.4 is 15.6 Å². The number of benzene rings is 2. The van der Waals surface area contributed by atoms with E-state index in [0.29, 0.717) is 0 Å². The van der Waals surface area contributed by atoms with Crippen LogP contribution in [0.3, 0.4) is 0 Å². The Kier molecular flexibility index (Phi) is 6.90. The topological polar surface area (TPSA) is 67.4 Å². The summed E-state index contributed by atoms with van der Waals surface area (Å²) in [4.78, 5) is 23.5. The number of amides is 2. The minimum absolute atomic E-state index is 0.0144. The fourth-order valence-electron chi connectivity index (χ4n) is 1.77. The molecule has 2 amide bonds. The lowest BCUT2D eigenvalue weighted by Gasteiger charge is -2.15. The Bertz CT molecular complexity index is 787. The van der Waals surface area contributed by atoms with E-state index in [2.05, 4.69) is 10.9 Å². The number of carbonyl (C=O) groups is 2. The molecular formula is C17H15F3N2O3S. The zero-order valence-corrected chi connectivity index (χ0v) is 14.4. The van der Waals surface area contributed by atoms with Gasteiger partial charge in [-0.25, -0.2) is 13.2 Å². The minimum atomic E-state index is -0.950. The summed E-state index contributed by atoms with van der Waals surface area (Å²) in [7, 11) is 0. The van der Waals surface area contributed by atoms with Crippen molar-refractivity contribution in [3.63, 3.8) is 0 Å². The van der Waals surface area contributed by atoms with Gasteiger partial charge in [-0.05, 0) is 49.4 Å². The van der Waals surface area contributed by atoms with Gasteiger partial charge < -0.3 is 4.74 Å². The molecule has 0 saturated carbocycles. The summed E-state index contributed by atoms with van der Waals surface area (Å²) in [5.74, 6) is -2.88. The second-order valence-electron chi connectivity index (χ2n) is 5.11. The first-order valence-electron chi connectivity index (χ1n) is 7.44. The maximum atomic E-state index is 13.4. The number of carbonyl (C=O) groups excluding carboxylic acids is 2. The lowest BCUT2D eigenvalue weighted by atomic mass is 10.3. The van der Waals surface area contributed by atoms with Gasteiger partial charge >= 0.3 is 0 Å². The summed E-state index contributed by atoms with van der Waals surface area (Å²) >= 11 is 0.788. The summed E-state index contributed by atoms with van der Waals surface area (Å²) in [5.41, 5.74) is 4.30. The second-order valence-corrected chi connectivity index (χ2v) is 6.13. The van der Waals surface area contributed by atoms with Crippen molar-refractivity contribution >= 4 is 23.6 Å². The summed E-state index contributed by atoms with van der Waals surface area (Å²) in [6.07, 6.45) is -0.950. The van der Waals surface area contributed by atoms with Crippen LogP contribution in [0.1, 0.15) is 6.92 Å². The van der Waals surface area contributed by atoms with Gasteiger partial charge in [0.2, 0.25) is 5.91 Å². The smallest absolute Gasteiger partial charge is 0.279 e. The number of hydrazine groups is 1. The number of nitrogens with one attached hydrogen (secondary N) is 2. The van der Waals surface area contributed by atoms with Crippen molar-refractivity contribution in [1.29, 1.82) is 0 Å². The highest BCUT2D eigenvalue weighted by Gasteiger charge is 2.16. The fourth-order valence-corrected chi connectivity index (χ4v) is 2.53. The standard InChI is InChI=1S/C17H15F3N2O3S/c1-10(25-13-5-2-11(18)3-6-13)17(24)22-21-16(23)9-26-15-8-12(19)4-7-14(15)20/h2-8,10H,9H2,1H3,(H,21,23)(H,22,24)/t10-/m0/s1. The van der Waals surface area contributed by atoms with Crippen LogP contribution in [0.2, 0.25) is 0 Å². The average molecular weight is 384 g/mol. The van der Waals surface area contributed by atoms with Crippen LogP contribution >= 0.6 is 11.8 Å². The Hall–Kier alpha value is -2.68. The van der Waals surface area contributed by atoms with E-state index < -0.39 is 35.4 Å². The molecule has 2 aromatic carbocycles. The van der Waals surface area contributed by atoms with Crippen LogP contribution in [0.25, 0.3) is 0 Å². The van der Waals surface area contributed by atoms with Crippen LogP contribution in [0.5, 0.6) is 5.75 Å². The number of hydrogen-bond donors (Lipinski definition) is 2. The summed E-state index contributed by atoms with van der Waals surface area (Å²) in [6.45, 7) is 1.45. The third-order valence-corrected chi connectivity index (χ3v) is 4.10. The number of thioether (sulfide) groups is 1. The first-order valence-corrected chi connectivity index (χ1v) is 8.42. The van der Waals surface area contributed by atoms with Crippen LogP contribution in [0.15, 0.2) is 47.4 Å². The van der Waals surface area contributed by atoms with E-state index in [4.69, 9.17) is 4.74 Å². The first kappa shape index (κ1) is 19.6. The maximum Gasteiger partial charge on any atom is 0.279 e. The summed E-state index contributed by atoms with van der Waals surface area (Å²) in [6, 6.07) is 8.01. The molecule has 0 saturated heterocycles. The van der Waals surface area contributed by atoms with Crippen molar-refractivity contribution in [2.45, 2.75) is 17.9 Å². The Morgan fingerprint density at radius 1 is 1.04 bits per heavy atom. The van der Waals surface area contributed by atoms with Gasteiger partial charge in [-0.1, -0.05) is 0 Å². The summed E-state index contributed by atoms with van der Waals surface area (Å²) < 4.78 is 44.6. The number of hydrogen-bond acceptors (Lipinski definition) is 4. The van der Waals surface area contributed by atoms with Crippen molar-refractivity contribution in [2.24, 2.45) is 0 Å². The number of rotatable bonds is 6. The van der Waals surface area contributed by atoms with Crippen LogP contribution in [-0.2, 0) is 9.59 Å². The maximum absolute atomic E-state index is 13.4. The molecule has 0 aliphatic heterocycles. The van der Waals surface area contributed by atoms with Gasteiger partial charge in [-0.2, -0.15) is 0 Å². The van der Waals surface area contributed by atoms with E-state index >= 15 is 0 Å². The Labute approximate surface area is 151 Å². The molecular weight excluding hydrogens is 369 g/mol. The van der Waals surface area contributed by atoms with Crippen LogP contribution in [-0.4, -0.2) is 23.7 Å². The van der Waals surface area contributed by atoms with Crippen molar-refractivity contribution in [1.82, 2.24) is 10.9 Å². The minimum Gasteiger partial charge on any atom is -0.481 e. The lowest BCUT2D eigenvalue weighted by Crippen LogP contribution is -2.47. The van der Waals surface area contributed by atoms with Gasteiger partial charge in [-0.15, -0.1) is 11.8 Å². The van der Waals surface area contributed by atoms with E-state index in [1.807, 2.05) is 0 Å². The van der Waals surface area contributed by atoms with Crippen LogP contribution in [0.4, 0.5) is 13.2 Å². The normalized spacial score (nSPS) is 11.5. The van der Waals surface area contributed by atoms with E-state index in [-0.39, 0.29) is 16.4 Å². The van der Waals surface area contributed by atoms with Crippen molar-refractivity contribution in [3.8, 4) is 5.75 Å². The third kappa shape index (κ3) is 5.99. The molecule has 0 fully saturated rings. The van der Waals surface area contributed by atoms with Gasteiger partial charge in [-0.3, -0.25) is 20.4 Å². The third-order valence-electron chi connectivity index (χ3n) is 3.07. The van der Waals surface area contributed by atoms with Crippen molar-refractivity contribution in [2.75, 3.05) is 5.75 Å². The molecule has 0 radical (unpaired) electrons. The van der Waals surface area contributed by atoms with Crippen LogP contribution in [0, 0.1) is 17.5 Å². The molecule has 9 heteroatoms. The molecule has 0 aliphatic carbocycles.